The lowest BCUT2D eigenvalue weighted by atomic mass is 10.1. The lowest BCUT2D eigenvalue weighted by molar-refractivity contribution is -0.134. The van der Waals surface area contributed by atoms with Crippen molar-refractivity contribution in [2.24, 2.45) is 5.92 Å². The van der Waals surface area contributed by atoms with Crippen molar-refractivity contribution in [3.05, 3.63) is 29.8 Å². The van der Waals surface area contributed by atoms with Crippen LogP contribution in [0.15, 0.2) is 24.3 Å². The largest absolute Gasteiger partial charge is 0.497 e. The van der Waals surface area contributed by atoms with Gasteiger partial charge in [0.15, 0.2) is 0 Å². The number of piperazine rings is 1. The molecule has 1 aliphatic carbocycles. The molecule has 3 rings (SSSR count). The predicted molar refractivity (Wildman–Crippen MR) is 88.5 cm³/mol. The van der Waals surface area contributed by atoms with E-state index in [-0.39, 0.29) is 12.0 Å². The minimum Gasteiger partial charge on any atom is -0.497 e. The molecule has 0 unspecified atom stereocenters. The number of hydrogen-bond donors (Lipinski definition) is 1. The van der Waals surface area contributed by atoms with E-state index in [0.29, 0.717) is 18.4 Å². The van der Waals surface area contributed by atoms with E-state index >= 15 is 0 Å². The molecule has 3 atom stereocenters. The summed E-state index contributed by atoms with van der Waals surface area (Å²) >= 11 is 0. The quantitative estimate of drug-likeness (QED) is 0.890. The van der Waals surface area contributed by atoms with E-state index in [4.69, 9.17) is 4.74 Å². The summed E-state index contributed by atoms with van der Waals surface area (Å²) in [6.45, 7) is 5.77. The number of ether oxygens (including phenoxy) is 1. The van der Waals surface area contributed by atoms with Crippen LogP contribution >= 0.6 is 0 Å². The Hall–Kier alpha value is -1.59. The topological polar surface area (TPSA) is 53.0 Å². The lowest BCUT2D eigenvalue weighted by Gasteiger charge is -2.35. The van der Waals surface area contributed by atoms with Gasteiger partial charge in [-0.15, -0.1) is 0 Å². The van der Waals surface area contributed by atoms with Gasteiger partial charge in [-0.3, -0.25) is 9.69 Å². The molecule has 0 radical (unpaired) electrons. The zero-order valence-electron chi connectivity index (χ0n) is 13.9. The highest BCUT2D eigenvalue weighted by Gasteiger charge is 2.46. The number of β-amino-alcohol motifs (C(OH)–C–C–N with tert-alkyl or cyclic N) is 1. The first-order chi connectivity index (χ1) is 11.1. The molecule has 5 heteroatoms. The van der Waals surface area contributed by atoms with Gasteiger partial charge < -0.3 is 14.7 Å². The number of carbonyl (C=O) groups is 1. The van der Waals surface area contributed by atoms with E-state index in [1.54, 1.807) is 14.0 Å². The Morgan fingerprint density at radius 2 is 1.91 bits per heavy atom. The SMILES string of the molecule is COc1ccc([C@@H]2C[C@H]2C(=O)N2CCN(C[C@@H](C)O)CC2)cc1. The van der Waals surface area contributed by atoms with Crippen molar-refractivity contribution in [1.29, 1.82) is 0 Å². The maximum Gasteiger partial charge on any atom is 0.226 e. The Balaban J connectivity index is 1.50. The highest BCUT2D eigenvalue weighted by atomic mass is 16.5. The Kier molecular flexibility index (Phi) is 4.87. The van der Waals surface area contributed by atoms with Crippen molar-refractivity contribution in [2.45, 2.75) is 25.4 Å². The maximum absolute atomic E-state index is 12.6. The molecule has 1 N–H and O–H groups in total. The molecule has 2 fully saturated rings. The molecule has 1 amide bonds. The zero-order chi connectivity index (χ0) is 16.4. The van der Waals surface area contributed by atoms with Crippen LogP contribution in [0.3, 0.4) is 0 Å². The maximum atomic E-state index is 12.6. The number of nitrogens with zero attached hydrogens (tertiary/aromatic N) is 2. The van der Waals surface area contributed by atoms with Crippen LogP contribution in [0.2, 0.25) is 0 Å². The smallest absolute Gasteiger partial charge is 0.226 e. The number of benzene rings is 1. The molecule has 1 saturated heterocycles. The Bertz CT molecular complexity index is 536. The second kappa shape index (κ2) is 6.89. The standard InChI is InChI=1S/C18H26N2O3/c1-13(21)12-19-7-9-20(10-8-19)18(22)17-11-16(17)14-3-5-15(23-2)6-4-14/h3-6,13,16-17,21H,7-12H2,1-2H3/t13-,16+,17-/m1/s1. The summed E-state index contributed by atoms with van der Waals surface area (Å²) < 4.78 is 5.18. The highest BCUT2D eigenvalue weighted by molar-refractivity contribution is 5.83. The van der Waals surface area contributed by atoms with E-state index in [1.807, 2.05) is 17.0 Å². The van der Waals surface area contributed by atoms with Crippen molar-refractivity contribution < 1.29 is 14.6 Å². The summed E-state index contributed by atoms with van der Waals surface area (Å²) in [5.41, 5.74) is 1.23. The van der Waals surface area contributed by atoms with Crippen LogP contribution in [0.5, 0.6) is 5.75 Å². The third kappa shape index (κ3) is 3.85. The van der Waals surface area contributed by atoms with Crippen LogP contribution in [-0.4, -0.2) is 66.8 Å². The first-order valence-corrected chi connectivity index (χ1v) is 8.41. The molecule has 126 valence electrons. The fourth-order valence-electron chi connectivity index (χ4n) is 3.45. The second-order valence-corrected chi connectivity index (χ2v) is 6.70. The average Bonchev–Trinajstić information content (AvgIpc) is 3.35. The van der Waals surface area contributed by atoms with Crippen molar-refractivity contribution >= 4 is 5.91 Å². The first kappa shape index (κ1) is 16.3. The molecule has 1 aromatic rings. The second-order valence-electron chi connectivity index (χ2n) is 6.70. The van der Waals surface area contributed by atoms with Gasteiger partial charge >= 0.3 is 0 Å². The van der Waals surface area contributed by atoms with Crippen LogP contribution in [0.1, 0.15) is 24.8 Å². The number of aliphatic hydroxyl groups is 1. The van der Waals surface area contributed by atoms with Crippen molar-refractivity contribution in [1.82, 2.24) is 9.80 Å². The van der Waals surface area contributed by atoms with Gasteiger partial charge in [0.25, 0.3) is 0 Å². The molecular formula is C18H26N2O3. The lowest BCUT2D eigenvalue weighted by Crippen LogP contribution is -2.50. The number of aliphatic hydroxyl groups excluding tert-OH is 1. The van der Waals surface area contributed by atoms with Crippen LogP contribution < -0.4 is 4.74 Å². The number of amides is 1. The zero-order valence-corrected chi connectivity index (χ0v) is 13.9. The summed E-state index contributed by atoms with van der Waals surface area (Å²) in [6.07, 6.45) is 0.652. The van der Waals surface area contributed by atoms with Gasteiger partial charge in [-0.25, -0.2) is 0 Å². The van der Waals surface area contributed by atoms with Crippen LogP contribution in [0, 0.1) is 5.92 Å². The summed E-state index contributed by atoms with van der Waals surface area (Å²) in [5.74, 6) is 1.66. The van der Waals surface area contributed by atoms with Gasteiger partial charge in [-0.05, 0) is 37.0 Å². The van der Waals surface area contributed by atoms with Crippen LogP contribution in [0.25, 0.3) is 0 Å². The minimum absolute atomic E-state index is 0.145. The molecule has 0 bridgehead atoms. The number of rotatable bonds is 5. The molecular weight excluding hydrogens is 292 g/mol. The molecule has 1 saturated carbocycles. The molecule has 5 nitrogen and oxygen atoms in total. The predicted octanol–water partition coefficient (Wildman–Crippen LogP) is 1.32. The monoisotopic (exact) mass is 318 g/mol. The third-order valence-corrected chi connectivity index (χ3v) is 4.86. The molecule has 1 heterocycles. The van der Waals surface area contributed by atoms with Gasteiger partial charge in [0, 0.05) is 38.6 Å². The van der Waals surface area contributed by atoms with Gasteiger partial charge in [-0.2, -0.15) is 0 Å². The summed E-state index contributed by atoms with van der Waals surface area (Å²) in [7, 11) is 1.66. The normalized spacial score (nSPS) is 26.0. The van der Waals surface area contributed by atoms with Gasteiger partial charge in [0.2, 0.25) is 5.91 Å². The van der Waals surface area contributed by atoms with E-state index in [9.17, 15) is 9.90 Å². The van der Waals surface area contributed by atoms with E-state index in [2.05, 4.69) is 17.0 Å². The molecule has 1 aliphatic heterocycles. The Morgan fingerprint density at radius 1 is 1.26 bits per heavy atom. The van der Waals surface area contributed by atoms with Crippen molar-refractivity contribution in [3.8, 4) is 5.75 Å². The minimum atomic E-state index is -0.305. The summed E-state index contributed by atoms with van der Waals surface area (Å²) in [4.78, 5) is 16.8. The number of hydrogen-bond acceptors (Lipinski definition) is 4. The first-order valence-electron chi connectivity index (χ1n) is 8.41. The number of methoxy groups -OCH3 is 1. The van der Waals surface area contributed by atoms with Crippen molar-refractivity contribution in [2.75, 3.05) is 39.8 Å². The number of carbonyl (C=O) groups excluding carboxylic acids is 1. The van der Waals surface area contributed by atoms with Crippen LogP contribution in [-0.2, 0) is 4.79 Å². The van der Waals surface area contributed by atoms with Gasteiger partial charge in [-0.1, -0.05) is 12.1 Å². The van der Waals surface area contributed by atoms with E-state index < -0.39 is 0 Å². The van der Waals surface area contributed by atoms with Gasteiger partial charge in [0.1, 0.15) is 5.75 Å². The Morgan fingerprint density at radius 3 is 2.48 bits per heavy atom. The van der Waals surface area contributed by atoms with Crippen LogP contribution in [0.4, 0.5) is 0 Å². The molecule has 0 spiro atoms. The molecule has 0 aromatic heterocycles. The molecule has 2 aliphatic rings. The summed E-state index contributed by atoms with van der Waals surface area (Å²) in [5, 5.41) is 9.44. The molecule has 23 heavy (non-hydrogen) atoms. The highest BCUT2D eigenvalue weighted by Crippen LogP contribution is 2.48. The Labute approximate surface area is 137 Å². The fraction of sp³-hybridized carbons (Fsp3) is 0.611. The van der Waals surface area contributed by atoms with E-state index in [1.165, 1.54) is 5.56 Å². The average molecular weight is 318 g/mol. The summed E-state index contributed by atoms with van der Waals surface area (Å²) in [6, 6.07) is 8.06. The van der Waals surface area contributed by atoms with E-state index in [0.717, 1.165) is 38.3 Å². The molecule has 1 aromatic carbocycles. The van der Waals surface area contributed by atoms with Crippen molar-refractivity contribution in [3.63, 3.8) is 0 Å². The van der Waals surface area contributed by atoms with Gasteiger partial charge in [0.05, 0.1) is 13.2 Å². The third-order valence-electron chi connectivity index (χ3n) is 4.86. The fourth-order valence-corrected chi connectivity index (χ4v) is 3.45.